The number of halogens is 1. The topological polar surface area (TPSA) is 41.7 Å². The average molecular weight is 291 g/mol. The number of likely N-dealkylation sites (N-methyl/N-ethyl adjacent to an activating group) is 1. The molecule has 1 saturated heterocycles. The first-order valence-corrected chi connectivity index (χ1v) is 7.21. The second-order valence-electron chi connectivity index (χ2n) is 5.14. The van der Waals surface area contributed by atoms with Gasteiger partial charge in [-0.05, 0) is 25.2 Å². The van der Waals surface area contributed by atoms with Crippen LogP contribution in [-0.4, -0.2) is 62.7 Å². The summed E-state index contributed by atoms with van der Waals surface area (Å²) >= 11 is 0. The zero-order valence-corrected chi connectivity index (χ0v) is 12.4. The number of hydrogen-bond donors (Lipinski definition) is 1. The number of nitrogens with zero attached hydrogens (tertiary/aromatic N) is 2. The van der Waals surface area contributed by atoms with Gasteiger partial charge in [-0.3, -0.25) is 4.90 Å². The Morgan fingerprint density at radius 2 is 2.05 bits per heavy atom. The molecule has 21 heavy (non-hydrogen) atoms. The van der Waals surface area contributed by atoms with Crippen molar-refractivity contribution in [2.75, 3.05) is 52.9 Å². The van der Waals surface area contributed by atoms with Crippen molar-refractivity contribution in [3.05, 3.63) is 29.6 Å². The number of rotatable bonds is 4. The van der Waals surface area contributed by atoms with Crippen LogP contribution in [0.15, 0.2) is 18.2 Å². The molecule has 1 aliphatic heterocycles. The lowest BCUT2D eigenvalue weighted by molar-refractivity contribution is 0.133. The summed E-state index contributed by atoms with van der Waals surface area (Å²) in [5.41, 5.74) is 5.91. The Balaban J connectivity index is 1.88. The van der Waals surface area contributed by atoms with Gasteiger partial charge in [-0.1, -0.05) is 11.8 Å². The van der Waals surface area contributed by atoms with Gasteiger partial charge < -0.3 is 15.4 Å². The molecular formula is C16H22FN3O. The molecule has 1 aromatic rings. The summed E-state index contributed by atoms with van der Waals surface area (Å²) in [7, 11) is 2.13. The SMILES string of the molecule is CN1CCN(CCOc2ccc(F)cc2C#CCN)CC1. The quantitative estimate of drug-likeness (QED) is 0.832. The van der Waals surface area contributed by atoms with Crippen molar-refractivity contribution in [1.82, 2.24) is 9.80 Å². The van der Waals surface area contributed by atoms with Crippen LogP contribution in [0, 0.1) is 17.7 Å². The zero-order chi connectivity index (χ0) is 15.1. The first-order chi connectivity index (χ1) is 10.2. The summed E-state index contributed by atoms with van der Waals surface area (Å²) in [4.78, 5) is 4.69. The number of piperazine rings is 1. The van der Waals surface area contributed by atoms with Gasteiger partial charge in [0.1, 0.15) is 18.2 Å². The number of nitrogens with two attached hydrogens (primary N) is 1. The maximum absolute atomic E-state index is 13.3. The molecule has 0 spiro atoms. The van der Waals surface area contributed by atoms with Crippen LogP contribution in [0.25, 0.3) is 0 Å². The molecule has 0 aromatic heterocycles. The van der Waals surface area contributed by atoms with Crippen molar-refractivity contribution >= 4 is 0 Å². The van der Waals surface area contributed by atoms with Crippen LogP contribution in [0.4, 0.5) is 4.39 Å². The molecule has 0 aliphatic carbocycles. The van der Waals surface area contributed by atoms with Gasteiger partial charge in [0.25, 0.3) is 0 Å². The maximum atomic E-state index is 13.3. The summed E-state index contributed by atoms with van der Waals surface area (Å²) in [5.74, 6) is 5.88. The van der Waals surface area contributed by atoms with Gasteiger partial charge in [-0.25, -0.2) is 4.39 Å². The van der Waals surface area contributed by atoms with Gasteiger partial charge in [0, 0.05) is 32.7 Å². The van der Waals surface area contributed by atoms with Crippen molar-refractivity contribution in [2.24, 2.45) is 5.73 Å². The Morgan fingerprint density at radius 1 is 1.29 bits per heavy atom. The Morgan fingerprint density at radius 3 is 2.76 bits per heavy atom. The van der Waals surface area contributed by atoms with Crippen molar-refractivity contribution in [3.63, 3.8) is 0 Å². The summed E-state index contributed by atoms with van der Waals surface area (Å²) in [5, 5.41) is 0. The first-order valence-electron chi connectivity index (χ1n) is 7.21. The summed E-state index contributed by atoms with van der Waals surface area (Å²) in [6.45, 7) is 5.98. The Kier molecular flexibility index (Phi) is 6.00. The molecule has 2 N–H and O–H groups in total. The van der Waals surface area contributed by atoms with E-state index in [1.807, 2.05) is 0 Å². The fraction of sp³-hybridized carbons (Fsp3) is 0.500. The minimum absolute atomic E-state index is 0.247. The Bertz CT molecular complexity index is 516. The van der Waals surface area contributed by atoms with Crippen molar-refractivity contribution < 1.29 is 9.13 Å². The number of benzene rings is 1. The van der Waals surface area contributed by atoms with Crippen molar-refractivity contribution in [3.8, 4) is 17.6 Å². The predicted molar refractivity (Wildman–Crippen MR) is 81.8 cm³/mol. The molecule has 1 heterocycles. The minimum Gasteiger partial charge on any atom is -0.491 e. The first kappa shape index (κ1) is 15.8. The third kappa shape index (κ3) is 5.01. The van der Waals surface area contributed by atoms with Gasteiger partial charge >= 0.3 is 0 Å². The molecule has 1 fully saturated rings. The highest BCUT2D eigenvalue weighted by Gasteiger charge is 2.13. The highest BCUT2D eigenvalue weighted by atomic mass is 19.1. The van der Waals surface area contributed by atoms with Gasteiger partial charge in [0.05, 0.1) is 12.1 Å². The van der Waals surface area contributed by atoms with E-state index in [2.05, 4.69) is 28.7 Å². The molecule has 2 rings (SSSR count). The molecule has 0 unspecified atom stereocenters. The van der Waals surface area contributed by atoms with Crippen LogP contribution < -0.4 is 10.5 Å². The molecule has 0 atom stereocenters. The van der Waals surface area contributed by atoms with Gasteiger partial charge in [0.15, 0.2) is 0 Å². The molecule has 0 bridgehead atoms. The molecule has 4 nitrogen and oxygen atoms in total. The van der Waals surface area contributed by atoms with Gasteiger partial charge in [-0.2, -0.15) is 0 Å². The van der Waals surface area contributed by atoms with E-state index in [0.29, 0.717) is 17.9 Å². The Hall–Kier alpha value is -1.61. The standard InChI is InChI=1S/C16H22FN3O/c1-19-7-9-20(10-8-19)11-12-21-16-5-4-15(17)13-14(16)3-2-6-18/h4-5,13H,6-12,18H2,1H3. The minimum atomic E-state index is -0.317. The number of hydrogen-bond acceptors (Lipinski definition) is 4. The fourth-order valence-corrected chi connectivity index (χ4v) is 2.23. The van der Waals surface area contributed by atoms with Gasteiger partial charge in [-0.15, -0.1) is 0 Å². The zero-order valence-electron chi connectivity index (χ0n) is 12.4. The van der Waals surface area contributed by atoms with Crippen LogP contribution in [0.5, 0.6) is 5.75 Å². The van der Waals surface area contributed by atoms with Crippen molar-refractivity contribution in [1.29, 1.82) is 0 Å². The molecule has 0 saturated carbocycles. The highest BCUT2D eigenvalue weighted by Crippen LogP contribution is 2.18. The Labute approximate surface area is 125 Å². The van der Waals surface area contributed by atoms with Crippen LogP contribution >= 0.6 is 0 Å². The molecule has 1 aliphatic rings. The van der Waals surface area contributed by atoms with Gasteiger partial charge in [0.2, 0.25) is 0 Å². The van der Waals surface area contributed by atoms with E-state index in [1.165, 1.54) is 12.1 Å². The second-order valence-corrected chi connectivity index (χ2v) is 5.14. The molecule has 5 heteroatoms. The maximum Gasteiger partial charge on any atom is 0.135 e. The third-order valence-electron chi connectivity index (χ3n) is 3.53. The summed E-state index contributed by atoms with van der Waals surface area (Å²) in [6, 6.07) is 4.40. The second kappa shape index (κ2) is 7.99. The van der Waals surface area contributed by atoms with E-state index in [0.717, 1.165) is 32.7 Å². The van der Waals surface area contributed by atoms with E-state index in [1.54, 1.807) is 6.07 Å². The largest absolute Gasteiger partial charge is 0.491 e. The van der Waals surface area contributed by atoms with Crippen LogP contribution in [-0.2, 0) is 0 Å². The molecule has 0 amide bonds. The lowest BCUT2D eigenvalue weighted by atomic mass is 10.2. The number of ether oxygens (including phenoxy) is 1. The van der Waals surface area contributed by atoms with E-state index in [-0.39, 0.29) is 12.4 Å². The van der Waals surface area contributed by atoms with E-state index >= 15 is 0 Å². The molecule has 0 radical (unpaired) electrons. The molecule has 1 aromatic carbocycles. The van der Waals surface area contributed by atoms with Crippen LogP contribution in [0.2, 0.25) is 0 Å². The third-order valence-corrected chi connectivity index (χ3v) is 3.53. The van der Waals surface area contributed by atoms with Crippen LogP contribution in [0.3, 0.4) is 0 Å². The van der Waals surface area contributed by atoms with Crippen molar-refractivity contribution in [2.45, 2.75) is 0 Å². The summed E-state index contributed by atoms with van der Waals surface area (Å²) < 4.78 is 19.0. The average Bonchev–Trinajstić information content (AvgIpc) is 2.49. The van der Waals surface area contributed by atoms with E-state index in [9.17, 15) is 4.39 Å². The monoisotopic (exact) mass is 291 g/mol. The summed E-state index contributed by atoms with van der Waals surface area (Å²) in [6.07, 6.45) is 0. The fourth-order valence-electron chi connectivity index (χ4n) is 2.23. The lowest BCUT2D eigenvalue weighted by Gasteiger charge is -2.32. The normalized spacial score (nSPS) is 16.3. The lowest BCUT2D eigenvalue weighted by Crippen LogP contribution is -2.45. The molecule has 114 valence electrons. The van der Waals surface area contributed by atoms with Crippen LogP contribution in [0.1, 0.15) is 5.56 Å². The molecular weight excluding hydrogens is 269 g/mol. The highest BCUT2D eigenvalue weighted by molar-refractivity contribution is 5.46. The predicted octanol–water partition coefficient (Wildman–Crippen LogP) is 0.762. The smallest absolute Gasteiger partial charge is 0.135 e. The van der Waals surface area contributed by atoms with E-state index in [4.69, 9.17) is 10.5 Å². The van der Waals surface area contributed by atoms with E-state index < -0.39 is 0 Å².